The van der Waals surface area contributed by atoms with Crippen LogP contribution in [0.2, 0.25) is 0 Å². The quantitative estimate of drug-likeness (QED) is 0.360. The molecular weight excluding hydrogens is 470 g/mol. The molecule has 0 aliphatic carbocycles. The summed E-state index contributed by atoms with van der Waals surface area (Å²) in [6.45, 7) is 2.10. The average molecular weight is 492 g/mol. The highest BCUT2D eigenvalue weighted by atomic mass is 32.2. The Morgan fingerprint density at radius 3 is 2.68 bits per heavy atom. The molecule has 0 saturated heterocycles. The zero-order valence-electron chi connectivity index (χ0n) is 18.3. The molecule has 1 atom stereocenters. The molecule has 1 amide bonds. The lowest BCUT2D eigenvalue weighted by molar-refractivity contribution is -0.115. The van der Waals surface area contributed by atoms with E-state index in [4.69, 9.17) is 4.42 Å². The minimum atomic E-state index is -1.01. The van der Waals surface area contributed by atoms with Crippen LogP contribution < -0.4 is 10.2 Å². The summed E-state index contributed by atoms with van der Waals surface area (Å²) in [4.78, 5) is 30.3. The first kappa shape index (κ1) is 22.2. The zero-order chi connectivity index (χ0) is 23.7. The maximum atomic E-state index is 12.6. The Balaban J connectivity index is 1.31. The van der Waals surface area contributed by atoms with E-state index in [2.05, 4.69) is 10.3 Å². The number of nitrogens with zero attached hydrogens (tertiary/aromatic N) is 2. The van der Waals surface area contributed by atoms with Crippen LogP contribution in [0.25, 0.3) is 21.3 Å². The number of rotatable bonds is 7. The Bertz CT molecular complexity index is 1550. The molecule has 5 aromatic rings. The fourth-order valence-electron chi connectivity index (χ4n) is 3.73. The first-order valence-corrected chi connectivity index (χ1v) is 12.9. The molecule has 3 aromatic carbocycles. The van der Waals surface area contributed by atoms with Crippen molar-refractivity contribution in [2.45, 2.75) is 24.8 Å². The molecule has 2 heterocycles. The van der Waals surface area contributed by atoms with Gasteiger partial charge in [-0.2, -0.15) is 0 Å². The molecule has 9 heteroatoms. The Morgan fingerprint density at radius 2 is 1.91 bits per heavy atom. The van der Waals surface area contributed by atoms with Gasteiger partial charge in [-0.3, -0.25) is 18.4 Å². The summed E-state index contributed by atoms with van der Waals surface area (Å²) in [6, 6.07) is 20.1. The Morgan fingerprint density at radius 1 is 1.12 bits per heavy atom. The second kappa shape index (κ2) is 9.36. The molecule has 7 nitrogen and oxygen atoms in total. The van der Waals surface area contributed by atoms with Gasteiger partial charge in [0.05, 0.1) is 27.4 Å². The summed E-state index contributed by atoms with van der Waals surface area (Å²) in [5.74, 6) is 0.862. The van der Waals surface area contributed by atoms with Crippen LogP contribution in [0.1, 0.15) is 18.4 Å². The molecule has 0 spiro atoms. The van der Waals surface area contributed by atoms with E-state index < -0.39 is 10.8 Å². The molecule has 0 fully saturated rings. The molecule has 0 aliphatic rings. The number of benzene rings is 3. The van der Waals surface area contributed by atoms with Crippen LogP contribution in [0.15, 0.2) is 80.8 Å². The van der Waals surface area contributed by atoms with Crippen LogP contribution in [0.5, 0.6) is 0 Å². The first-order valence-electron chi connectivity index (χ1n) is 10.7. The second-order valence-corrected chi connectivity index (χ2v) is 10.4. The van der Waals surface area contributed by atoms with Crippen LogP contribution in [0, 0.1) is 0 Å². The summed E-state index contributed by atoms with van der Waals surface area (Å²) in [6.07, 6.45) is 0.200. The van der Waals surface area contributed by atoms with E-state index in [0.717, 1.165) is 37.5 Å². The number of thiazole rings is 1. The van der Waals surface area contributed by atoms with Crippen molar-refractivity contribution in [3.05, 3.63) is 87.9 Å². The number of oxazole rings is 1. The fraction of sp³-hybridized carbons (Fsp3) is 0.160. The van der Waals surface area contributed by atoms with Gasteiger partial charge in [-0.1, -0.05) is 42.5 Å². The molecule has 172 valence electrons. The molecule has 1 N–H and O–H groups in total. The summed E-state index contributed by atoms with van der Waals surface area (Å²) in [5.41, 5.74) is 3.66. The molecule has 0 aliphatic heterocycles. The predicted octanol–water partition coefficient (Wildman–Crippen LogP) is 4.56. The summed E-state index contributed by atoms with van der Waals surface area (Å²) < 4.78 is 20.0. The smallest absolute Gasteiger partial charge is 0.308 e. The van der Waals surface area contributed by atoms with Crippen molar-refractivity contribution in [1.29, 1.82) is 0 Å². The number of hydrogen-bond donors (Lipinski definition) is 1. The van der Waals surface area contributed by atoms with Crippen molar-refractivity contribution < 1.29 is 13.4 Å². The summed E-state index contributed by atoms with van der Waals surface area (Å²) in [5, 5.41) is 2.89. The number of anilines is 1. The number of nitrogens with one attached hydrogen (secondary N) is 1. The molecule has 0 saturated carbocycles. The molecule has 0 bridgehead atoms. The van der Waals surface area contributed by atoms with Crippen LogP contribution in [0.3, 0.4) is 0 Å². The van der Waals surface area contributed by atoms with Gasteiger partial charge in [0.1, 0.15) is 12.1 Å². The molecule has 0 radical (unpaired) electrons. The summed E-state index contributed by atoms with van der Waals surface area (Å²) in [7, 11) is -1.01. The molecule has 34 heavy (non-hydrogen) atoms. The van der Waals surface area contributed by atoms with E-state index in [1.54, 1.807) is 28.8 Å². The number of fused-ring (bicyclic) bond motifs is 2. The van der Waals surface area contributed by atoms with Crippen molar-refractivity contribution in [3.8, 4) is 0 Å². The van der Waals surface area contributed by atoms with Gasteiger partial charge < -0.3 is 9.73 Å². The number of hydrogen-bond acceptors (Lipinski definition) is 6. The van der Waals surface area contributed by atoms with Gasteiger partial charge in [-0.15, -0.1) is 0 Å². The highest BCUT2D eigenvalue weighted by molar-refractivity contribution is 7.85. The monoisotopic (exact) mass is 491 g/mol. The predicted molar refractivity (Wildman–Crippen MR) is 135 cm³/mol. The Hall–Kier alpha value is -3.56. The van der Waals surface area contributed by atoms with E-state index in [9.17, 15) is 13.8 Å². The lowest BCUT2D eigenvalue weighted by atomic mass is 10.1. The van der Waals surface area contributed by atoms with Crippen molar-refractivity contribution in [2.75, 3.05) is 11.1 Å². The van der Waals surface area contributed by atoms with Gasteiger partial charge in [0.25, 0.3) is 0 Å². The molecule has 1 unspecified atom stereocenters. The lowest BCUT2D eigenvalue weighted by Gasteiger charge is -2.07. The number of para-hydroxylation sites is 2. The van der Waals surface area contributed by atoms with Gasteiger partial charge >= 0.3 is 4.87 Å². The van der Waals surface area contributed by atoms with E-state index in [0.29, 0.717) is 22.9 Å². The maximum absolute atomic E-state index is 12.6. The Labute approximate surface area is 201 Å². The van der Waals surface area contributed by atoms with E-state index in [1.807, 2.05) is 49.4 Å². The largest absolute Gasteiger partial charge is 0.439 e. The minimum Gasteiger partial charge on any atom is -0.439 e. The van der Waals surface area contributed by atoms with Crippen molar-refractivity contribution in [1.82, 2.24) is 9.55 Å². The average Bonchev–Trinajstić information content (AvgIpc) is 3.38. The van der Waals surface area contributed by atoms with E-state index >= 15 is 0 Å². The number of amides is 1. The molecule has 2 aromatic heterocycles. The summed E-state index contributed by atoms with van der Waals surface area (Å²) >= 11 is 1.11. The highest BCUT2D eigenvalue weighted by Gasteiger charge is 2.13. The first-order chi connectivity index (χ1) is 16.5. The minimum absolute atomic E-state index is 0.120. The van der Waals surface area contributed by atoms with E-state index in [1.165, 1.54) is 0 Å². The number of carbonyl (C=O) groups is 1. The van der Waals surface area contributed by atoms with Crippen LogP contribution >= 0.6 is 11.3 Å². The van der Waals surface area contributed by atoms with Crippen molar-refractivity contribution >= 4 is 55.0 Å². The van der Waals surface area contributed by atoms with Gasteiger partial charge in [0.15, 0.2) is 5.58 Å². The standard InChI is InChI=1S/C25H21N3O4S2/c1-2-34(31)18-10-7-16(8-11-18)13-23(29)26-17-9-12-20-22(14-17)33-25(30)28(20)15-24-27-19-5-3-4-6-21(19)32-24/h3-12,14H,2,13,15H2,1H3,(H,26,29). The third kappa shape index (κ3) is 4.57. The lowest BCUT2D eigenvalue weighted by Crippen LogP contribution is -2.15. The molecular formula is C25H21N3O4S2. The van der Waals surface area contributed by atoms with Gasteiger partial charge in [-0.25, -0.2) is 4.98 Å². The highest BCUT2D eigenvalue weighted by Crippen LogP contribution is 2.24. The fourth-order valence-corrected chi connectivity index (χ4v) is 5.44. The third-order valence-electron chi connectivity index (χ3n) is 5.40. The third-order valence-corrected chi connectivity index (χ3v) is 7.66. The van der Waals surface area contributed by atoms with Crippen LogP contribution in [-0.4, -0.2) is 25.4 Å². The van der Waals surface area contributed by atoms with Crippen molar-refractivity contribution in [3.63, 3.8) is 0 Å². The van der Waals surface area contributed by atoms with Crippen molar-refractivity contribution in [2.24, 2.45) is 0 Å². The number of aromatic nitrogens is 2. The topological polar surface area (TPSA) is 94.2 Å². The maximum Gasteiger partial charge on any atom is 0.308 e. The number of carbonyl (C=O) groups excluding carboxylic acids is 1. The van der Waals surface area contributed by atoms with Gasteiger partial charge in [0, 0.05) is 16.3 Å². The van der Waals surface area contributed by atoms with E-state index in [-0.39, 0.29) is 23.7 Å². The van der Waals surface area contributed by atoms with Crippen LogP contribution in [0.4, 0.5) is 5.69 Å². The van der Waals surface area contributed by atoms with Gasteiger partial charge in [-0.05, 0) is 48.0 Å². The SMILES string of the molecule is CCS(=O)c1ccc(CC(=O)Nc2ccc3c(c2)sc(=O)n3Cc2nc3ccccc3o2)cc1. The van der Waals surface area contributed by atoms with Gasteiger partial charge in [0.2, 0.25) is 11.8 Å². The molecule has 5 rings (SSSR count). The normalized spacial score (nSPS) is 12.3. The zero-order valence-corrected chi connectivity index (χ0v) is 19.9. The second-order valence-electron chi connectivity index (χ2n) is 7.72. The Kier molecular flexibility index (Phi) is 6.12. The van der Waals surface area contributed by atoms with Crippen LogP contribution in [-0.2, 0) is 28.6 Å².